The zero-order valence-electron chi connectivity index (χ0n) is 16.3. The standard InChI is InChI=1S/C22H26N4O2/c1-3-25(4-2)16-17-28-21-9-6-5-8-20(21)24-22(27)18-10-12-19(13-11-18)26-15-7-14-23-26/h5-15H,3-4,16-17H2,1-2H3,(H,24,27). The highest BCUT2D eigenvalue weighted by Gasteiger charge is 2.10. The molecule has 0 fully saturated rings. The van der Waals surface area contributed by atoms with Crippen molar-refractivity contribution >= 4 is 11.6 Å². The summed E-state index contributed by atoms with van der Waals surface area (Å²) in [4.78, 5) is 14.9. The lowest BCUT2D eigenvalue weighted by Crippen LogP contribution is -2.28. The molecule has 6 nitrogen and oxygen atoms in total. The maximum atomic E-state index is 12.6. The fourth-order valence-electron chi connectivity index (χ4n) is 2.90. The van der Waals surface area contributed by atoms with Crippen molar-refractivity contribution in [1.82, 2.24) is 14.7 Å². The molecule has 0 aliphatic heterocycles. The number of rotatable bonds is 9. The summed E-state index contributed by atoms with van der Waals surface area (Å²) >= 11 is 0. The van der Waals surface area contributed by atoms with Gasteiger partial charge in [0.1, 0.15) is 12.4 Å². The second kappa shape index (κ2) is 9.71. The number of benzene rings is 2. The predicted molar refractivity (Wildman–Crippen MR) is 111 cm³/mol. The molecule has 28 heavy (non-hydrogen) atoms. The van der Waals surface area contributed by atoms with E-state index in [1.54, 1.807) is 23.0 Å². The molecular formula is C22H26N4O2. The van der Waals surface area contributed by atoms with Crippen LogP contribution < -0.4 is 10.1 Å². The van der Waals surface area contributed by atoms with Crippen LogP contribution in [0.25, 0.3) is 5.69 Å². The molecule has 2 aromatic carbocycles. The third-order valence-corrected chi connectivity index (χ3v) is 4.59. The number of nitrogens with zero attached hydrogens (tertiary/aromatic N) is 3. The Labute approximate surface area is 165 Å². The van der Waals surface area contributed by atoms with Crippen LogP contribution in [0.1, 0.15) is 24.2 Å². The molecule has 1 N–H and O–H groups in total. The van der Waals surface area contributed by atoms with Gasteiger partial charge < -0.3 is 15.0 Å². The monoisotopic (exact) mass is 378 g/mol. The molecule has 1 heterocycles. The summed E-state index contributed by atoms with van der Waals surface area (Å²) in [5, 5.41) is 7.14. The van der Waals surface area contributed by atoms with E-state index >= 15 is 0 Å². The van der Waals surface area contributed by atoms with E-state index in [1.165, 1.54) is 0 Å². The van der Waals surface area contributed by atoms with Crippen LogP contribution in [0.3, 0.4) is 0 Å². The molecule has 1 aromatic heterocycles. The summed E-state index contributed by atoms with van der Waals surface area (Å²) in [5.74, 6) is 0.503. The van der Waals surface area contributed by atoms with Gasteiger partial charge in [-0.3, -0.25) is 4.79 Å². The number of hydrogen-bond donors (Lipinski definition) is 1. The smallest absolute Gasteiger partial charge is 0.255 e. The Morgan fingerprint density at radius 1 is 1.07 bits per heavy atom. The summed E-state index contributed by atoms with van der Waals surface area (Å²) in [7, 11) is 0. The van der Waals surface area contributed by atoms with Gasteiger partial charge in [-0.25, -0.2) is 4.68 Å². The van der Waals surface area contributed by atoms with Crippen molar-refractivity contribution in [3.8, 4) is 11.4 Å². The Morgan fingerprint density at radius 3 is 2.50 bits per heavy atom. The minimum absolute atomic E-state index is 0.174. The second-order valence-electron chi connectivity index (χ2n) is 6.32. The molecule has 3 aromatic rings. The molecule has 146 valence electrons. The van der Waals surface area contributed by atoms with Crippen molar-refractivity contribution < 1.29 is 9.53 Å². The van der Waals surface area contributed by atoms with Crippen molar-refractivity contribution in [2.75, 3.05) is 31.6 Å². The second-order valence-corrected chi connectivity index (χ2v) is 6.32. The van der Waals surface area contributed by atoms with Gasteiger partial charge in [-0.1, -0.05) is 26.0 Å². The highest BCUT2D eigenvalue weighted by Crippen LogP contribution is 2.24. The van der Waals surface area contributed by atoms with Gasteiger partial charge in [-0.2, -0.15) is 5.10 Å². The van der Waals surface area contributed by atoms with Crippen LogP contribution in [-0.4, -0.2) is 46.8 Å². The van der Waals surface area contributed by atoms with Crippen molar-refractivity contribution in [3.63, 3.8) is 0 Å². The quantitative estimate of drug-likeness (QED) is 0.614. The molecule has 0 unspecified atom stereocenters. The van der Waals surface area contributed by atoms with E-state index in [1.807, 2.05) is 48.7 Å². The van der Waals surface area contributed by atoms with Crippen LogP contribution in [0.4, 0.5) is 5.69 Å². The average molecular weight is 378 g/mol. The maximum Gasteiger partial charge on any atom is 0.255 e. The van der Waals surface area contributed by atoms with Crippen LogP contribution in [-0.2, 0) is 0 Å². The minimum atomic E-state index is -0.174. The molecule has 0 spiro atoms. The van der Waals surface area contributed by atoms with Crippen molar-refractivity contribution in [1.29, 1.82) is 0 Å². The first-order valence-corrected chi connectivity index (χ1v) is 9.57. The molecule has 0 aliphatic carbocycles. The van der Waals surface area contributed by atoms with Gasteiger partial charge in [0.15, 0.2) is 0 Å². The molecule has 6 heteroatoms. The van der Waals surface area contributed by atoms with Gasteiger partial charge in [0, 0.05) is 24.5 Å². The van der Waals surface area contributed by atoms with Crippen LogP contribution in [0, 0.1) is 0 Å². The number of hydrogen-bond acceptors (Lipinski definition) is 4. The highest BCUT2D eigenvalue weighted by molar-refractivity contribution is 6.05. The third-order valence-electron chi connectivity index (χ3n) is 4.59. The summed E-state index contributed by atoms with van der Waals surface area (Å²) < 4.78 is 7.66. The van der Waals surface area contributed by atoms with E-state index in [2.05, 4.69) is 29.2 Å². The molecule has 0 saturated carbocycles. The van der Waals surface area contributed by atoms with Gasteiger partial charge >= 0.3 is 0 Å². The first-order chi connectivity index (χ1) is 13.7. The minimum Gasteiger partial charge on any atom is -0.490 e. The summed E-state index contributed by atoms with van der Waals surface area (Å²) in [6.07, 6.45) is 3.58. The average Bonchev–Trinajstić information content (AvgIpc) is 3.27. The van der Waals surface area contributed by atoms with Gasteiger partial charge in [-0.05, 0) is 55.6 Å². The van der Waals surface area contributed by atoms with E-state index in [9.17, 15) is 4.79 Å². The van der Waals surface area contributed by atoms with E-state index in [0.717, 1.165) is 25.3 Å². The maximum absolute atomic E-state index is 12.6. The molecule has 3 rings (SSSR count). The predicted octanol–water partition coefficient (Wildman–Crippen LogP) is 3.85. The Hall–Kier alpha value is -3.12. The summed E-state index contributed by atoms with van der Waals surface area (Å²) in [6, 6.07) is 16.7. The van der Waals surface area contributed by atoms with Gasteiger partial charge in [0.05, 0.1) is 11.4 Å². The van der Waals surface area contributed by atoms with Gasteiger partial charge in [-0.15, -0.1) is 0 Å². The van der Waals surface area contributed by atoms with Crippen molar-refractivity contribution in [3.05, 3.63) is 72.6 Å². The van der Waals surface area contributed by atoms with Crippen LogP contribution in [0.5, 0.6) is 5.75 Å². The largest absolute Gasteiger partial charge is 0.490 e. The first kappa shape index (κ1) is 19.6. The van der Waals surface area contributed by atoms with Crippen LogP contribution in [0.15, 0.2) is 67.0 Å². The number of nitrogens with one attached hydrogen (secondary N) is 1. The Balaban J connectivity index is 1.64. The lowest BCUT2D eigenvalue weighted by Gasteiger charge is -2.19. The van der Waals surface area contributed by atoms with Gasteiger partial charge in [0.2, 0.25) is 0 Å². The summed E-state index contributed by atoms with van der Waals surface area (Å²) in [5.41, 5.74) is 2.15. The van der Waals surface area contributed by atoms with E-state index in [0.29, 0.717) is 23.6 Å². The van der Waals surface area contributed by atoms with E-state index in [-0.39, 0.29) is 5.91 Å². The third kappa shape index (κ3) is 4.98. The molecule has 0 radical (unpaired) electrons. The van der Waals surface area contributed by atoms with Crippen molar-refractivity contribution in [2.24, 2.45) is 0 Å². The Kier molecular flexibility index (Phi) is 6.81. The number of amides is 1. The Morgan fingerprint density at radius 2 is 1.82 bits per heavy atom. The fraction of sp³-hybridized carbons (Fsp3) is 0.273. The number of aromatic nitrogens is 2. The number of carbonyl (C=O) groups is 1. The number of para-hydroxylation sites is 2. The van der Waals surface area contributed by atoms with E-state index in [4.69, 9.17) is 4.74 Å². The topological polar surface area (TPSA) is 59.4 Å². The number of carbonyl (C=O) groups excluding carboxylic acids is 1. The Bertz CT molecular complexity index is 872. The summed E-state index contributed by atoms with van der Waals surface area (Å²) in [6.45, 7) is 7.68. The zero-order chi connectivity index (χ0) is 19.8. The van der Waals surface area contributed by atoms with E-state index < -0.39 is 0 Å². The normalized spacial score (nSPS) is 10.8. The number of anilines is 1. The zero-order valence-corrected chi connectivity index (χ0v) is 16.3. The molecule has 1 amide bonds. The lowest BCUT2D eigenvalue weighted by molar-refractivity contribution is 0.102. The SMILES string of the molecule is CCN(CC)CCOc1ccccc1NC(=O)c1ccc(-n2cccn2)cc1. The van der Waals surface area contributed by atoms with Crippen LogP contribution in [0.2, 0.25) is 0 Å². The number of likely N-dealkylation sites (N-methyl/N-ethyl adjacent to an activating group) is 1. The molecular weight excluding hydrogens is 352 g/mol. The van der Waals surface area contributed by atoms with Crippen LogP contribution >= 0.6 is 0 Å². The molecule has 0 saturated heterocycles. The van der Waals surface area contributed by atoms with Gasteiger partial charge in [0.25, 0.3) is 5.91 Å². The highest BCUT2D eigenvalue weighted by atomic mass is 16.5. The first-order valence-electron chi connectivity index (χ1n) is 9.57. The fourth-order valence-corrected chi connectivity index (χ4v) is 2.90. The number of ether oxygens (including phenoxy) is 1. The molecule has 0 atom stereocenters. The molecule has 0 aliphatic rings. The lowest BCUT2D eigenvalue weighted by atomic mass is 10.2. The van der Waals surface area contributed by atoms with Crippen molar-refractivity contribution in [2.45, 2.75) is 13.8 Å². The molecule has 0 bridgehead atoms.